The molecule has 3 heteroatoms. The number of aliphatic carboxylic acids is 1. The predicted molar refractivity (Wildman–Crippen MR) is 88.9 cm³/mol. The lowest BCUT2D eigenvalue weighted by atomic mass is 9.50. The molecule has 4 aliphatic rings. The number of carboxylic acids is 1. The predicted octanol–water partition coefficient (Wildman–Crippen LogP) is 4.08. The molecule has 5 atom stereocenters. The summed E-state index contributed by atoms with van der Waals surface area (Å²) in [5.74, 6) is 0.278. The monoisotopic (exact) mass is 316 g/mol. The van der Waals surface area contributed by atoms with Gasteiger partial charge in [0.15, 0.2) is 0 Å². The van der Waals surface area contributed by atoms with Gasteiger partial charge in [0.2, 0.25) is 0 Å². The van der Waals surface area contributed by atoms with Crippen molar-refractivity contribution in [3.63, 3.8) is 0 Å². The molecular weight excluding hydrogens is 288 g/mol. The van der Waals surface area contributed by atoms with Crippen molar-refractivity contribution in [3.05, 3.63) is 22.8 Å². The standard InChI is InChI=1S/C20H28O3/c1-19-9-7-12(18(22)23)11-13(19)3-4-14-15-5-6-17(21)20(15,2)10-8-16(14)19/h11,13,16-17,21H,3-10H2,1-2H3,(H,22,23)/t13?,16-,17?,19+,20+/m1/s1. The van der Waals surface area contributed by atoms with Crippen LogP contribution in [-0.4, -0.2) is 22.3 Å². The minimum atomic E-state index is -0.730. The molecule has 0 amide bonds. The summed E-state index contributed by atoms with van der Waals surface area (Å²) in [6.07, 6.45) is 10.0. The highest BCUT2D eigenvalue weighted by Gasteiger charge is 2.54. The van der Waals surface area contributed by atoms with Crippen LogP contribution in [0.4, 0.5) is 0 Å². The summed E-state index contributed by atoms with van der Waals surface area (Å²) in [4.78, 5) is 11.3. The Morgan fingerprint density at radius 1 is 1.13 bits per heavy atom. The van der Waals surface area contributed by atoms with Gasteiger partial charge in [-0.2, -0.15) is 0 Å². The van der Waals surface area contributed by atoms with E-state index in [-0.39, 0.29) is 16.9 Å². The highest BCUT2D eigenvalue weighted by atomic mass is 16.4. The maximum Gasteiger partial charge on any atom is 0.331 e. The number of carbonyl (C=O) groups is 1. The quantitative estimate of drug-likeness (QED) is 0.717. The Morgan fingerprint density at radius 3 is 2.65 bits per heavy atom. The molecular formula is C20H28O3. The van der Waals surface area contributed by atoms with E-state index in [2.05, 4.69) is 19.9 Å². The van der Waals surface area contributed by atoms with Crippen molar-refractivity contribution in [3.8, 4) is 0 Å². The van der Waals surface area contributed by atoms with Crippen molar-refractivity contribution >= 4 is 5.97 Å². The SMILES string of the molecule is C[C@]12CC[C@@H]3C(=C1CCC2O)CCC1C=C(C(=O)O)CC[C@@]13C. The summed E-state index contributed by atoms with van der Waals surface area (Å²) in [6.45, 7) is 4.66. The largest absolute Gasteiger partial charge is 0.478 e. The molecule has 0 aliphatic heterocycles. The summed E-state index contributed by atoms with van der Waals surface area (Å²) in [5, 5.41) is 19.8. The van der Waals surface area contributed by atoms with E-state index in [1.54, 1.807) is 11.1 Å². The molecule has 4 aliphatic carbocycles. The summed E-state index contributed by atoms with van der Waals surface area (Å²) in [5.41, 5.74) is 4.07. The first-order valence-corrected chi connectivity index (χ1v) is 9.21. The van der Waals surface area contributed by atoms with Gasteiger partial charge < -0.3 is 10.2 Å². The Bertz CT molecular complexity index is 616. The van der Waals surface area contributed by atoms with Crippen LogP contribution in [0.5, 0.6) is 0 Å². The van der Waals surface area contributed by atoms with E-state index in [0.717, 1.165) is 44.9 Å². The van der Waals surface area contributed by atoms with Crippen LogP contribution in [0.2, 0.25) is 0 Å². The molecule has 0 aromatic carbocycles. The van der Waals surface area contributed by atoms with Gasteiger partial charge in [0, 0.05) is 11.0 Å². The maximum absolute atomic E-state index is 11.3. The Morgan fingerprint density at radius 2 is 1.91 bits per heavy atom. The second-order valence-electron chi connectivity index (χ2n) is 8.72. The maximum atomic E-state index is 11.3. The van der Waals surface area contributed by atoms with Gasteiger partial charge in [-0.15, -0.1) is 0 Å². The third kappa shape index (κ3) is 2.02. The fourth-order valence-electron chi connectivity index (χ4n) is 6.25. The van der Waals surface area contributed by atoms with E-state index in [1.165, 1.54) is 0 Å². The third-order valence-corrected chi connectivity index (χ3v) is 7.83. The lowest BCUT2D eigenvalue weighted by molar-refractivity contribution is -0.133. The molecule has 0 bridgehead atoms. The minimum absolute atomic E-state index is 0.0196. The van der Waals surface area contributed by atoms with E-state index in [1.807, 2.05) is 0 Å². The number of fused-ring (bicyclic) bond motifs is 4. The first-order chi connectivity index (χ1) is 10.9. The smallest absolute Gasteiger partial charge is 0.331 e. The molecule has 23 heavy (non-hydrogen) atoms. The lowest BCUT2D eigenvalue weighted by Crippen LogP contribution is -2.46. The van der Waals surface area contributed by atoms with Crippen molar-refractivity contribution < 1.29 is 15.0 Å². The molecule has 0 aromatic rings. The zero-order chi connectivity index (χ0) is 16.4. The third-order valence-electron chi connectivity index (χ3n) is 7.83. The van der Waals surface area contributed by atoms with E-state index < -0.39 is 5.97 Å². The van der Waals surface area contributed by atoms with E-state index in [9.17, 15) is 15.0 Å². The zero-order valence-electron chi connectivity index (χ0n) is 14.3. The summed E-state index contributed by atoms with van der Waals surface area (Å²) in [6, 6.07) is 0. The van der Waals surface area contributed by atoms with E-state index >= 15 is 0 Å². The van der Waals surface area contributed by atoms with Crippen LogP contribution >= 0.6 is 0 Å². The summed E-state index contributed by atoms with van der Waals surface area (Å²) < 4.78 is 0. The van der Waals surface area contributed by atoms with E-state index in [4.69, 9.17) is 0 Å². The second-order valence-corrected chi connectivity index (χ2v) is 8.72. The number of aliphatic hydroxyl groups excluding tert-OH is 1. The van der Waals surface area contributed by atoms with Gasteiger partial charge >= 0.3 is 5.97 Å². The Labute approximate surface area is 138 Å². The van der Waals surface area contributed by atoms with Crippen LogP contribution in [0, 0.1) is 22.7 Å². The topological polar surface area (TPSA) is 57.5 Å². The Hall–Kier alpha value is -1.09. The highest BCUT2D eigenvalue weighted by molar-refractivity contribution is 5.86. The van der Waals surface area contributed by atoms with Gasteiger partial charge in [0.25, 0.3) is 0 Å². The number of hydrogen-bond donors (Lipinski definition) is 2. The highest BCUT2D eigenvalue weighted by Crippen LogP contribution is 2.63. The molecule has 0 saturated heterocycles. The van der Waals surface area contributed by atoms with Gasteiger partial charge in [0.1, 0.15) is 0 Å². The molecule has 4 rings (SSSR count). The van der Waals surface area contributed by atoms with Gasteiger partial charge in [0.05, 0.1) is 6.10 Å². The number of rotatable bonds is 1. The van der Waals surface area contributed by atoms with Crippen molar-refractivity contribution in [2.45, 2.75) is 71.3 Å². The molecule has 2 saturated carbocycles. The number of carboxylic acid groups (broad SMARTS) is 1. The molecule has 0 spiro atoms. The van der Waals surface area contributed by atoms with Crippen molar-refractivity contribution in [2.75, 3.05) is 0 Å². The molecule has 3 nitrogen and oxygen atoms in total. The zero-order valence-corrected chi connectivity index (χ0v) is 14.3. The average Bonchev–Trinajstić information content (AvgIpc) is 2.82. The van der Waals surface area contributed by atoms with Crippen LogP contribution in [0.1, 0.15) is 65.2 Å². The average molecular weight is 316 g/mol. The van der Waals surface area contributed by atoms with Gasteiger partial charge in [-0.25, -0.2) is 4.79 Å². The normalized spacial score (nSPS) is 45.9. The first-order valence-electron chi connectivity index (χ1n) is 9.21. The fourth-order valence-corrected chi connectivity index (χ4v) is 6.25. The van der Waals surface area contributed by atoms with Gasteiger partial charge in [-0.1, -0.05) is 31.1 Å². The van der Waals surface area contributed by atoms with E-state index in [0.29, 0.717) is 23.8 Å². The van der Waals surface area contributed by atoms with Crippen LogP contribution in [0.15, 0.2) is 22.8 Å². The number of aliphatic hydroxyl groups is 1. The fraction of sp³-hybridized carbons (Fsp3) is 0.750. The second kappa shape index (κ2) is 4.95. The molecule has 2 unspecified atom stereocenters. The molecule has 2 fully saturated rings. The molecule has 0 aromatic heterocycles. The van der Waals surface area contributed by atoms with Crippen LogP contribution in [0.3, 0.4) is 0 Å². The Kier molecular flexibility index (Phi) is 3.32. The molecule has 0 heterocycles. The minimum Gasteiger partial charge on any atom is -0.478 e. The number of allylic oxidation sites excluding steroid dienone is 2. The van der Waals surface area contributed by atoms with Gasteiger partial charge in [-0.05, 0) is 68.6 Å². The van der Waals surface area contributed by atoms with Crippen LogP contribution in [0.25, 0.3) is 0 Å². The van der Waals surface area contributed by atoms with Crippen molar-refractivity contribution in [2.24, 2.45) is 22.7 Å². The van der Waals surface area contributed by atoms with Gasteiger partial charge in [-0.3, -0.25) is 0 Å². The lowest BCUT2D eigenvalue weighted by Gasteiger charge is -2.54. The summed E-state index contributed by atoms with van der Waals surface area (Å²) >= 11 is 0. The van der Waals surface area contributed by atoms with Crippen molar-refractivity contribution in [1.29, 1.82) is 0 Å². The van der Waals surface area contributed by atoms with Crippen LogP contribution in [-0.2, 0) is 4.79 Å². The molecule has 2 N–H and O–H groups in total. The Balaban J connectivity index is 1.73. The first kappa shape index (κ1) is 15.4. The van der Waals surface area contributed by atoms with Crippen LogP contribution < -0.4 is 0 Å². The molecule has 126 valence electrons. The van der Waals surface area contributed by atoms with Crippen molar-refractivity contribution in [1.82, 2.24) is 0 Å². The molecule has 0 radical (unpaired) electrons. The summed E-state index contributed by atoms with van der Waals surface area (Å²) in [7, 11) is 0. The number of hydrogen-bond acceptors (Lipinski definition) is 2.